The number of rotatable bonds is 5. The van der Waals surface area contributed by atoms with Crippen LogP contribution in [0, 0.1) is 0 Å². The molecule has 1 rings (SSSR count). The van der Waals surface area contributed by atoms with Crippen molar-refractivity contribution in [2.75, 3.05) is 39.8 Å². The van der Waals surface area contributed by atoms with Gasteiger partial charge in [0.05, 0.1) is 13.3 Å². The van der Waals surface area contributed by atoms with E-state index in [-0.39, 0.29) is 0 Å². The average Bonchev–Trinajstić information content (AvgIpc) is 2.14. The van der Waals surface area contributed by atoms with Gasteiger partial charge in [0.2, 0.25) is 0 Å². The Morgan fingerprint density at radius 3 is 2.75 bits per heavy atom. The largest absolute Gasteiger partial charge is 0.382 e. The average molecular weight is 173 g/mol. The molecule has 2 N–H and O–H groups in total. The lowest BCUT2D eigenvalue weighted by Crippen LogP contribution is -2.50. The van der Waals surface area contributed by atoms with Gasteiger partial charge in [-0.2, -0.15) is 0 Å². The van der Waals surface area contributed by atoms with E-state index < -0.39 is 0 Å². The van der Waals surface area contributed by atoms with Crippen molar-refractivity contribution in [1.82, 2.24) is 15.5 Å². The molecule has 0 bridgehead atoms. The van der Waals surface area contributed by atoms with Crippen LogP contribution in [-0.2, 0) is 4.74 Å². The zero-order valence-electron chi connectivity index (χ0n) is 7.81. The minimum Gasteiger partial charge on any atom is -0.382 e. The molecule has 0 radical (unpaired) electrons. The summed E-state index contributed by atoms with van der Waals surface area (Å²) in [5.74, 6) is 0. The lowest BCUT2D eigenvalue weighted by Gasteiger charge is -2.27. The molecule has 1 fully saturated rings. The Kier molecular flexibility index (Phi) is 5.27. The molecule has 0 aromatic carbocycles. The van der Waals surface area contributed by atoms with E-state index in [1.165, 1.54) is 0 Å². The Labute approximate surface area is 74.3 Å². The molecule has 0 amide bonds. The molecule has 4 heteroatoms. The maximum Gasteiger partial charge on any atom is 0.0502 e. The lowest BCUT2D eigenvalue weighted by molar-refractivity contribution is 0.121. The van der Waals surface area contributed by atoms with Crippen molar-refractivity contribution >= 4 is 0 Å². The molecule has 72 valence electrons. The van der Waals surface area contributed by atoms with Gasteiger partial charge in [0, 0.05) is 26.4 Å². The van der Waals surface area contributed by atoms with Crippen molar-refractivity contribution in [1.29, 1.82) is 0 Å². The van der Waals surface area contributed by atoms with Gasteiger partial charge >= 0.3 is 0 Å². The van der Waals surface area contributed by atoms with Crippen LogP contribution in [0.4, 0.5) is 0 Å². The van der Waals surface area contributed by atoms with E-state index in [2.05, 4.69) is 15.5 Å². The molecule has 0 aromatic heterocycles. The van der Waals surface area contributed by atoms with Gasteiger partial charge in [-0.15, -0.1) is 0 Å². The Balaban J connectivity index is 1.91. The van der Waals surface area contributed by atoms with Crippen LogP contribution in [0.25, 0.3) is 0 Å². The van der Waals surface area contributed by atoms with Crippen LogP contribution < -0.4 is 10.6 Å². The molecule has 4 nitrogen and oxygen atoms in total. The first-order valence-corrected chi connectivity index (χ1v) is 4.65. The number of ether oxygens (including phenoxy) is 1. The Morgan fingerprint density at radius 1 is 1.33 bits per heavy atom. The van der Waals surface area contributed by atoms with Crippen LogP contribution in [0.3, 0.4) is 0 Å². The minimum absolute atomic E-state index is 0.830. The Morgan fingerprint density at radius 2 is 2.08 bits per heavy atom. The first kappa shape index (κ1) is 9.92. The molecule has 0 aromatic rings. The van der Waals surface area contributed by atoms with E-state index in [4.69, 9.17) is 4.74 Å². The van der Waals surface area contributed by atoms with Gasteiger partial charge in [-0.3, -0.25) is 15.5 Å². The molecule has 0 saturated carbocycles. The molecule has 0 unspecified atom stereocenters. The molecular weight excluding hydrogens is 154 g/mol. The highest BCUT2D eigenvalue weighted by molar-refractivity contribution is 4.59. The van der Waals surface area contributed by atoms with Crippen molar-refractivity contribution in [3.63, 3.8) is 0 Å². The lowest BCUT2D eigenvalue weighted by atomic mass is 10.4. The number of nitrogens with zero attached hydrogens (tertiary/aromatic N) is 1. The number of nitrogens with one attached hydrogen (secondary N) is 2. The third-order valence-corrected chi connectivity index (χ3v) is 1.89. The van der Waals surface area contributed by atoms with E-state index in [9.17, 15) is 0 Å². The highest BCUT2D eigenvalue weighted by Gasteiger charge is 2.06. The van der Waals surface area contributed by atoms with Crippen LogP contribution in [0.15, 0.2) is 0 Å². The molecule has 0 atom stereocenters. The summed E-state index contributed by atoms with van der Waals surface area (Å²) < 4.78 is 5.26. The topological polar surface area (TPSA) is 36.5 Å². The summed E-state index contributed by atoms with van der Waals surface area (Å²) in [6.07, 6.45) is 1.12. The van der Waals surface area contributed by atoms with Crippen molar-refractivity contribution in [2.24, 2.45) is 0 Å². The van der Waals surface area contributed by atoms with Crippen LogP contribution >= 0.6 is 0 Å². The van der Waals surface area contributed by atoms with E-state index in [0.29, 0.717) is 0 Å². The summed E-state index contributed by atoms with van der Waals surface area (Å²) in [7, 11) is 0. The monoisotopic (exact) mass is 173 g/mol. The maximum absolute atomic E-state index is 5.26. The highest BCUT2D eigenvalue weighted by atomic mass is 16.5. The molecule has 1 aliphatic rings. The smallest absolute Gasteiger partial charge is 0.0502 e. The van der Waals surface area contributed by atoms with Crippen LogP contribution in [0.1, 0.15) is 13.3 Å². The first-order chi connectivity index (χ1) is 5.93. The maximum atomic E-state index is 5.26. The van der Waals surface area contributed by atoms with Crippen LogP contribution in [-0.4, -0.2) is 44.7 Å². The van der Waals surface area contributed by atoms with Gasteiger partial charge < -0.3 is 4.74 Å². The van der Waals surface area contributed by atoms with E-state index in [0.717, 1.165) is 46.2 Å². The van der Waals surface area contributed by atoms with Crippen molar-refractivity contribution in [3.05, 3.63) is 0 Å². The summed E-state index contributed by atoms with van der Waals surface area (Å²) in [5, 5.41) is 6.50. The molecule has 0 spiro atoms. The molecule has 1 aliphatic heterocycles. The van der Waals surface area contributed by atoms with Gasteiger partial charge in [0.15, 0.2) is 0 Å². The second kappa shape index (κ2) is 6.37. The minimum atomic E-state index is 0.830. The zero-order chi connectivity index (χ0) is 8.65. The summed E-state index contributed by atoms with van der Waals surface area (Å²) in [6, 6.07) is 0. The number of hydrogen-bond acceptors (Lipinski definition) is 4. The number of hydrogen-bond donors (Lipinski definition) is 2. The second-order valence-corrected chi connectivity index (χ2v) is 2.94. The van der Waals surface area contributed by atoms with Gasteiger partial charge in [0.25, 0.3) is 0 Å². The summed E-state index contributed by atoms with van der Waals surface area (Å²) >= 11 is 0. The van der Waals surface area contributed by atoms with E-state index in [1.807, 2.05) is 6.92 Å². The van der Waals surface area contributed by atoms with Crippen LogP contribution in [0.5, 0.6) is 0 Å². The third-order valence-electron chi connectivity index (χ3n) is 1.89. The highest BCUT2D eigenvalue weighted by Crippen LogP contribution is 1.91. The quantitative estimate of drug-likeness (QED) is 0.564. The summed E-state index contributed by atoms with van der Waals surface area (Å²) in [4.78, 5) is 2.34. The fourth-order valence-corrected chi connectivity index (χ4v) is 1.26. The molecule has 1 heterocycles. The zero-order valence-corrected chi connectivity index (χ0v) is 7.81. The molecule has 1 saturated heterocycles. The SMILES string of the molecule is CCOCCCN1CNCNC1. The Hall–Kier alpha value is -0.160. The summed E-state index contributed by atoms with van der Waals surface area (Å²) in [6.45, 7) is 7.79. The van der Waals surface area contributed by atoms with E-state index >= 15 is 0 Å². The van der Waals surface area contributed by atoms with Crippen LogP contribution in [0.2, 0.25) is 0 Å². The predicted octanol–water partition coefficient (Wildman–Crippen LogP) is -0.220. The fraction of sp³-hybridized carbons (Fsp3) is 1.00. The van der Waals surface area contributed by atoms with Gasteiger partial charge in [-0.05, 0) is 13.3 Å². The van der Waals surface area contributed by atoms with Crippen molar-refractivity contribution in [2.45, 2.75) is 13.3 Å². The summed E-state index contributed by atoms with van der Waals surface area (Å²) in [5.41, 5.74) is 0. The normalized spacial score (nSPS) is 19.8. The Bertz CT molecular complexity index is 104. The first-order valence-electron chi connectivity index (χ1n) is 4.65. The molecule has 12 heavy (non-hydrogen) atoms. The predicted molar refractivity (Wildman–Crippen MR) is 48.7 cm³/mol. The van der Waals surface area contributed by atoms with Gasteiger partial charge in [-0.1, -0.05) is 0 Å². The van der Waals surface area contributed by atoms with E-state index in [1.54, 1.807) is 0 Å². The second-order valence-electron chi connectivity index (χ2n) is 2.94. The standard InChI is InChI=1S/C8H19N3O/c1-2-12-5-3-4-11-7-9-6-10-8-11/h9-10H,2-8H2,1H3. The van der Waals surface area contributed by atoms with Crippen molar-refractivity contribution < 1.29 is 4.74 Å². The van der Waals surface area contributed by atoms with Crippen molar-refractivity contribution in [3.8, 4) is 0 Å². The van der Waals surface area contributed by atoms with Gasteiger partial charge in [0.1, 0.15) is 0 Å². The van der Waals surface area contributed by atoms with Gasteiger partial charge in [-0.25, -0.2) is 0 Å². The molecule has 0 aliphatic carbocycles. The fourth-order valence-electron chi connectivity index (χ4n) is 1.26. The third kappa shape index (κ3) is 4.01. The molecular formula is C8H19N3O.